The van der Waals surface area contributed by atoms with Gasteiger partial charge >= 0.3 is 0 Å². The number of nitrogens with one attached hydrogen (secondary N) is 1. The molecule has 0 saturated carbocycles. The minimum absolute atomic E-state index is 0.449. The van der Waals surface area contributed by atoms with Gasteiger partial charge in [-0.2, -0.15) is 23.5 Å². The molecule has 0 bridgehead atoms. The van der Waals surface area contributed by atoms with Gasteiger partial charge < -0.3 is 5.32 Å². The highest BCUT2D eigenvalue weighted by Crippen LogP contribution is 2.42. The van der Waals surface area contributed by atoms with Crippen molar-refractivity contribution in [2.24, 2.45) is 0 Å². The smallest absolute Gasteiger partial charge is 0.0460 e. The van der Waals surface area contributed by atoms with Crippen molar-refractivity contribution in [1.82, 2.24) is 5.32 Å². The van der Waals surface area contributed by atoms with Crippen LogP contribution in [0.1, 0.15) is 25.5 Å². The number of thioether (sulfide) groups is 2. The van der Waals surface area contributed by atoms with Gasteiger partial charge in [0, 0.05) is 32.2 Å². The van der Waals surface area contributed by atoms with E-state index in [-0.39, 0.29) is 0 Å². The molecule has 1 aliphatic heterocycles. The van der Waals surface area contributed by atoms with E-state index in [1.807, 2.05) is 11.3 Å². The molecule has 108 valence electrons. The molecule has 1 saturated heterocycles. The van der Waals surface area contributed by atoms with Crippen LogP contribution in [-0.2, 0) is 0 Å². The largest absolute Gasteiger partial charge is 0.312 e. The Hall–Kier alpha value is -0.160. The Kier molecular flexibility index (Phi) is 4.65. The molecule has 1 aromatic carbocycles. The predicted molar refractivity (Wildman–Crippen MR) is 96.4 cm³/mol. The fourth-order valence-corrected chi connectivity index (χ4v) is 6.89. The first-order valence-corrected chi connectivity index (χ1v) is 9.98. The predicted octanol–water partition coefficient (Wildman–Crippen LogP) is 4.79. The van der Waals surface area contributed by atoms with Crippen LogP contribution >= 0.6 is 34.9 Å². The van der Waals surface area contributed by atoms with Crippen LogP contribution in [0, 0.1) is 0 Å². The Labute approximate surface area is 133 Å². The maximum Gasteiger partial charge on any atom is 0.0460 e. The molecule has 1 aliphatic rings. The van der Waals surface area contributed by atoms with Gasteiger partial charge in [0.25, 0.3) is 0 Å². The third-order valence-electron chi connectivity index (χ3n) is 4.10. The van der Waals surface area contributed by atoms with Crippen molar-refractivity contribution >= 4 is 44.9 Å². The summed E-state index contributed by atoms with van der Waals surface area (Å²) in [4.78, 5) is 0. The monoisotopic (exact) mass is 323 g/mol. The molecular weight excluding hydrogens is 302 g/mol. The van der Waals surface area contributed by atoms with Gasteiger partial charge in [-0.3, -0.25) is 0 Å². The molecule has 0 radical (unpaired) electrons. The van der Waals surface area contributed by atoms with Crippen LogP contribution < -0.4 is 5.32 Å². The van der Waals surface area contributed by atoms with Gasteiger partial charge in [0.15, 0.2) is 0 Å². The molecule has 2 heterocycles. The lowest BCUT2D eigenvalue weighted by Gasteiger charge is -2.36. The summed E-state index contributed by atoms with van der Waals surface area (Å²) in [5.74, 6) is 1.24. The van der Waals surface area contributed by atoms with Gasteiger partial charge in [-0.1, -0.05) is 32.0 Å². The normalized spacial score (nSPS) is 28.6. The molecule has 20 heavy (non-hydrogen) atoms. The lowest BCUT2D eigenvalue weighted by Crippen LogP contribution is -2.35. The summed E-state index contributed by atoms with van der Waals surface area (Å²) in [6, 6.07) is 9.39. The molecular formula is C16H21NS3. The van der Waals surface area contributed by atoms with Gasteiger partial charge in [0.05, 0.1) is 0 Å². The van der Waals surface area contributed by atoms with Crippen molar-refractivity contribution in [2.75, 3.05) is 12.8 Å². The fraction of sp³-hybridized carbons (Fsp3) is 0.500. The molecule has 4 heteroatoms. The number of benzene rings is 1. The zero-order chi connectivity index (χ0) is 14.1. The summed E-state index contributed by atoms with van der Waals surface area (Å²) in [7, 11) is 2.10. The minimum atomic E-state index is 0.449. The van der Waals surface area contributed by atoms with Crippen molar-refractivity contribution in [3.63, 3.8) is 0 Å². The molecule has 1 nitrogen and oxygen atoms in total. The maximum absolute atomic E-state index is 3.58. The van der Waals surface area contributed by atoms with E-state index in [4.69, 9.17) is 0 Å². The first-order chi connectivity index (χ1) is 9.70. The summed E-state index contributed by atoms with van der Waals surface area (Å²) in [6.45, 7) is 4.72. The molecule has 0 aliphatic carbocycles. The van der Waals surface area contributed by atoms with Crippen molar-refractivity contribution in [3.8, 4) is 0 Å². The van der Waals surface area contributed by atoms with Gasteiger partial charge in [-0.15, -0.1) is 11.3 Å². The van der Waals surface area contributed by atoms with E-state index >= 15 is 0 Å². The Balaban J connectivity index is 1.92. The molecule has 1 N–H and O–H groups in total. The van der Waals surface area contributed by atoms with Gasteiger partial charge in [-0.05, 0) is 29.4 Å². The summed E-state index contributed by atoms with van der Waals surface area (Å²) in [5.41, 5.74) is 1.47. The van der Waals surface area contributed by atoms with Crippen LogP contribution in [0.3, 0.4) is 0 Å². The first-order valence-electron chi connectivity index (χ1n) is 7.11. The average Bonchev–Trinajstić information content (AvgIpc) is 2.93. The summed E-state index contributed by atoms with van der Waals surface area (Å²) >= 11 is 6.14. The van der Waals surface area contributed by atoms with E-state index < -0.39 is 0 Å². The van der Waals surface area contributed by atoms with E-state index in [2.05, 4.69) is 79.4 Å². The van der Waals surface area contributed by atoms with E-state index in [9.17, 15) is 0 Å². The van der Waals surface area contributed by atoms with Crippen LogP contribution in [0.5, 0.6) is 0 Å². The van der Waals surface area contributed by atoms with Crippen LogP contribution in [-0.4, -0.2) is 28.6 Å². The van der Waals surface area contributed by atoms with E-state index in [1.165, 1.54) is 21.4 Å². The standard InChI is InChI=1S/C16H21NS3/c1-10-11(2)20-14(9-19-10)15(17-3)13-6-4-5-12-7-8-18-16(12)13/h4-8,10-11,14-15,17H,9H2,1-3H3. The average molecular weight is 324 g/mol. The van der Waals surface area contributed by atoms with Crippen LogP contribution in [0.15, 0.2) is 29.6 Å². The van der Waals surface area contributed by atoms with Crippen molar-refractivity contribution < 1.29 is 0 Å². The number of hydrogen-bond acceptors (Lipinski definition) is 4. The molecule has 1 aromatic heterocycles. The topological polar surface area (TPSA) is 12.0 Å². The number of thiophene rings is 1. The Morgan fingerprint density at radius 2 is 2.05 bits per heavy atom. The summed E-state index contributed by atoms with van der Waals surface area (Å²) < 4.78 is 1.45. The highest BCUT2D eigenvalue weighted by atomic mass is 32.2. The maximum atomic E-state index is 3.58. The lowest BCUT2D eigenvalue weighted by atomic mass is 10.0. The second kappa shape index (κ2) is 6.30. The lowest BCUT2D eigenvalue weighted by molar-refractivity contribution is 0.593. The zero-order valence-electron chi connectivity index (χ0n) is 12.1. The van der Waals surface area contributed by atoms with Crippen molar-refractivity contribution in [2.45, 2.75) is 35.6 Å². The number of fused-ring (bicyclic) bond motifs is 1. The van der Waals surface area contributed by atoms with Crippen LogP contribution in [0.4, 0.5) is 0 Å². The van der Waals surface area contributed by atoms with Gasteiger partial charge in [-0.25, -0.2) is 0 Å². The molecule has 4 atom stereocenters. The van der Waals surface area contributed by atoms with Gasteiger partial charge in [0.2, 0.25) is 0 Å². The summed E-state index contributed by atoms with van der Waals surface area (Å²) in [6.07, 6.45) is 0. The SMILES string of the molecule is CNC(c1cccc2ccsc12)C1CSC(C)C(C)S1. The first kappa shape index (κ1) is 14.8. The third-order valence-corrected chi connectivity index (χ3v) is 8.58. The van der Waals surface area contributed by atoms with E-state index in [0.717, 1.165) is 10.5 Å². The number of rotatable bonds is 3. The van der Waals surface area contributed by atoms with E-state index in [0.29, 0.717) is 11.3 Å². The highest BCUT2D eigenvalue weighted by molar-refractivity contribution is 8.07. The second-order valence-corrected chi connectivity index (χ2v) is 9.32. The Morgan fingerprint density at radius 1 is 1.20 bits per heavy atom. The third kappa shape index (κ3) is 2.76. The Bertz CT molecular complexity index is 580. The van der Waals surface area contributed by atoms with Crippen LogP contribution in [0.2, 0.25) is 0 Å². The quantitative estimate of drug-likeness (QED) is 0.872. The highest BCUT2D eigenvalue weighted by Gasteiger charge is 2.32. The zero-order valence-corrected chi connectivity index (χ0v) is 14.6. The van der Waals surface area contributed by atoms with E-state index in [1.54, 1.807) is 0 Å². The molecule has 0 spiro atoms. The molecule has 4 unspecified atom stereocenters. The molecule has 0 amide bonds. The summed E-state index contributed by atoms with van der Waals surface area (Å²) in [5, 5.41) is 9.32. The van der Waals surface area contributed by atoms with Gasteiger partial charge in [0.1, 0.15) is 0 Å². The minimum Gasteiger partial charge on any atom is -0.312 e. The molecule has 1 fully saturated rings. The van der Waals surface area contributed by atoms with Crippen LogP contribution in [0.25, 0.3) is 10.1 Å². The fourth-order valence-electron chi connectivity index (χ4n) is 2.79. The molecule has 2 aromatic rings. The van der Waals surface area contributed by atoms with Crippen molar-refractivity contribution in [3.05, 3.63) is 35.2 Å². The second-order valence-electron chi connectivity index (χ2n) is 5.37. The van der Waals surface area contributed by atoms with Crippen molar-refractivity contribution in [1.29, 1.82) is 0 Å². The number of hydrogen-bond donors (Lipinski definition) is 1. The molecule has 3 rings (SSSR count). The Morgan fingerprint density at radius 3 is 2.80 bits per heavy atom.